The van der Waals surface area contributed by atoms with Gasteiger partial charge in [0.2, 0.25) is 0 Å². The van der Waals surface area contributed by atoms with E-state index < -0.39 is 11.2 Å². The van der Waals surface area contributed by atoms with Gasteiger partial charge >= 0.3 is 0 Å². The zero-order valence-electron chi connectivity index (χ0n) is 28.1. The predicted octanol–water partition coefficient (Wildman–Crippen LogP) is 7.54. The maximum absolute atomic E-state index is 11.8. The molecular weight excluding hydrogens is 568 g/mol. The van der Waals surface area contributed by atoms with Gasteiger partial charge in [-0.15, -0.1) is 12.8 Å². The fourth-order valence-electron chi connectivity index (χ4n) is 13.3. The maximum Gasteiger partial charge on any atom is 0.155 e. The Morgan fingerprint density at radius 3 is 1.83 bits per heavy atom. The number of fused-ring (bicyclic) bond motifs is 10. The highest BCUT2D eigenvalue weighted by Crippen LogP contribution is 2.66. The van der Waals surface area contributed by atoms with E-state index in [-0.39, 0.29) is 10.8 Å². The van der Waals surface area contributed by atoms with Crippen LogP contribution in [0.5, 0.6) is 0 Å². The van der Waals surface area contributed by atoms with E-state index >= 15 is 0 Å². The number of hydrogen-bond acceptors (Lipinski definition) is 4. The minimum Gasteiger partial charge on any atom is -0.377 e. The highest BCUT2D eigenvalue weighted by molar-refractivity contribution is 5.91. The zero-order chi connectivity index (χ0) is 32.5. The molecule has 8 rings (SSSR count). The SMILES string of the molecule is C#C[C@]1(O)C=C[C@H]2[C@@H]3CCC4=CC(=O)CC[C@@H]4[C@H]3CC[C@@]21CC.C#C[C@]1(O)CC[C@H]2[C@@H]3CCC4=CC(=O)CC[C@@H]4[C@H]3CC[C@@]21CC. The summed E-state index contributed by atoms with van der Waals surface area (Å²) in [6.45, 7) is 4.39. The molecule has 0 aliphatic heterocycles. The Morgan fingerprint density at radius 1 is 0.696 bits per heavy atom. The van der Waals surface area contributed by atoms with Gasteiger partial charge in [0, 0.05) is 23.7 Å². The molecule has 0 unspecified atom stereocenters. The molecule has 46 heavy (non-hydrogen) atoms. The summed E-state index contributed by atoms with van der Waals surface area (Å²) < 4.78 is 0. The summed E-state index contributed by atoms with van der Waals surface area (Å²) in [6, 6.07) is 0. The van der Waals surface area contributed by atoms with Crippen LogP contribution in [-0.4, -0.2) is 33.0 Å². The molecular formula is C42H54O4. The van der Waals surface area contributed by atoms with Crippen molar-refractivity contribution >= 4 is 11.6 Å². The lowest BCUT2D eigenvalue weighted by Gasteiger charge is -2.55. The van der Waals surface area contributed by atoms with Crippen LogP contribution in [0.25, 0.3) is 0 Å². The van der Waals surface area contributed by atoms with E-state index in [1.165, 1.54) is 24.0 Å². The van der Waals surface area contributed by atoms with E-state index in [2.05, 4.69) is 31.8 Å². The molecule has 4 heteroatoms. The maximum atomic E-state index is 11.8. The smallest absolute Gasteiger partial charge is 0.155 e. The van der Waals surface area contributed by atoms with Crippen molar-refractivity contribution in [1.29, 1.82) is 0 Å². The van der Waals surface area contributed by atoms with Crippen molar-refractivity contribution in [3.63, 3.8) is 0 Å². The number of aliphatic hydroxyl groups is 2. The quantitative estimate of drug-likeness (QED) is 0.247. The lowest BCUT2D eigenvalue weighted by atomic mass is 9.49. The van der Waals surface area contributed by atoms with Crippen LogP contribution in [0.3, 0.4) is 0 Å². The van der Waals surface area contributed by atoms with Crippen molar-refractivity contribution in [3.05, 3.63) is 35.5 Å². The van der Waals surface area contributed by atoms with E-state index in [0.29, 0.717) is 65.3 Å². The third kappa shape index (κ3) is 4.49. The van der Waals surface area contributed by atoms with Crippen LogP contribution < -0.4 is 0 Å². The number of terminal acetylenes is 2. The average Bonchev–Trinajstić information content (AvgIpc) is 3.56. The van der Waals surface area contributed by atoms with Crippen LogP contribution in [0.4, 0.5) is 0 Å². The van der Waals surface area contributed by atoms with Crippen molar-refractivity contribution in [3.8, 4) is 24.7 Å². The molecule has 0 bridgehead atoms. The molecule has 246 valence electrons. The highest BCUT2D eigenvalue weighted by Gasteiger charge is 2.64. The minimum atomic E-state index is -1.07. The summed E-state index contributed by atoms with van der Waals surface area (Å²) in [4.78, 5) is 23.5. The first kappa shape index (κ1) is 32.2. The molecule has 0 spiro atoms. The van der Waals surface area contributed by atoms with Gasteiger partial charge in [-0.3, -0.25) is 9.59 Å². The summed E-state index contributed by atoms with van der Waals surface area (Å²) in [5, 5.41) is 22.1. The molecule has 4 nitrogen and oxygen atoms in total. The minimum absolute atomic E-state index is 0.0609. The van der Waals surface area contributed by atoms with E-state index in [9.17, 15) is 19.8 Å². The molecule has 0 aromatic carbocycles. The highest BCUT2D eigenvalue weighted by atomic mass is 16.3. The Morgan fingerprint density at radius 2 is 1.26 bits per heavy atom. The number of hydrogen-bond donors (Lipinski definition) is 2. The Kier molecular flexibility index (Phi) is 8.13. The van der Waals surface area contributed by atoms with Crippen LogP contribution in [-0.2, 0) is 9.59 Å². The van der Waals surface area contributed by atoms with Gasteiger partial charge in [-0.2, -0.15) is 0 Å². The molecule has 0 aromatic heterocycles. The summed E-state index contributed by atoms with van der Waals surface area (Å²) in [6.07, 6.45) is 35.7. The zero-order valence-corrected chi connectivity index (χ0v) is 28.1. The van der Waals surface area contributed by atoms with E-state index in [4.69, 9.17) is 12.8 Å². The molecule has 0 saturated heterocycles. The first-order chi connectivity index (χ1) is 22.1. The van der Waals surface area contributed by atoms with Crippen molar-refractivity contribution in [2.75, 3.05) is 0 Å². The first-order valence-electron chi connectivity index (χ1n) is 18.7. The molecule has 0 heterocycles. The molecule has 0 amide bonds. The molecule has 8 aliphatic rings. The summed E-state index contributed by atoms with van der Waals surface area (Å²) in [5.74, 6) is 11.0. The van der Waals surface area contributed by atoms with Crippen LogP contribution in [0.1, 0.15) is 117 Å². The molecule has 5 saturated carbocycles. The van der Waals surface area contributed by atoms with Crippen molar-refractivity contribution < 1.29 is 19.8 Å². The lowest BCUT2D eigenvalue weighted by molar-refractivity contribution is -0.117. The normalized spacial score (nSPS) is 48.4. The van der Waals surface area contributed by atoms with Crippen molar-refractivity contribution in [2.45, 2.75) is 128 Å². The Hall–Kier alpha value is -2.40. The van der Waals surface area contributed by atoms with Gasteiger partial charge in [0.05, 0.1) is 0 Å². The molecule has 0 radical (unpaired) electrons. The Labute approximate surface area is 277 Å². The van der Waals surface area contributed by atoms with Gasteiger partial charge in [-0.1, -0.05) is 42.9 Å². The number of ketones is 2. The largest absolute Gasteiger partial charge is 0.377 e. The number of allylic oxidation sites excluding steroid dienone is 4. The Bertz CT molecular complexity index is 1450. The molecule has 8 aliphatic carbocycles. The van der Waals surface area contributed by atoms with E-state index in [1.807, 2.05) is 18.2 Å². The van der Waals surface area contributed by atoms with Crippen LogP contribution in [0.2, 0.25) is 0 Å². The number of carbonyl (C=O) groups is 2. The van der Waals surface area contributed by atoms with Gasteiger partial charge in [-0.25, -0.2) is 0 Å². The molecule has 12 atom stereocenters. The van der Waals surface area contributed by atoms with E-state index in [1.54, 1.807) is 0 Å². The van der Waals surface area contributed by atoms with Crippen LogP contribution in [0, 0.1) is 82.9 Å². The van der Waals surface area contributed by atoms with Crippen molar-refractivity contribution in [1.82, 2.24) is 0 Å². The average molecular weight is 623 g/mol. The fraction of sp³-hybridized carbons (Fsp3) is 0.714. The predicted molar refractivity (Wildman–Crippen MR) is 181 cm³/mol. The van der Waals surface area contributed by atoms with Crippen molar-refractivity contribution in [2.24, 2.45) is 58.2 Å². The fourth-order valence-corrected chi connectivity index (χ4v) is 13.3. The summed E-state index contributed by atoms with van der Waals surface area (Å²) in [7, 11) is 0. The van der Waals surface area contributed by atoms with Crippen LogP contribution in [0.15, 0.2) is 35.5 Å². The molecule has 2 N–H and O–H groups in total. The standard InChI is InChI=1S/C21H28O2.C21H26O2/c2*1-3-20-11-9-17-16-8-6-15(22)13-14(16)5-7-18(17)19(20)10-12-21(20,23)4-2/h2,13,16-19,23H,3,5-12H2,1H3;2,10,12-13,16-19,23H,3,5-9,11H2,1H3/t2*16-,17+,18+,19-,20-,21-/m00/s1. The Balaban J connectivity index is 0.000000147. The van der Waals surface area contributed by atoms with Gasteiger partial charge in [-0.05, 0) is 155 Å². The monoisotopic (exact) mass is 622 g/mol. The third-order valence-electron chi connectivity index (χ3n) is 15.6. The van der Waals surface area contributed by atoms with Gasteiger partial charge in [0.25, 0.3) is 0 Å². The van der Waals surface area contributed by atoms with E-state index in [0.717, 1.165) is 83.5 Å². The summed E-state index contributed by atoms with van der Waals surface area (Å²) >= 11 is 0. The van der Waals surface area contributed by atoms with Gasteiger partial charge in [0.15, 0.2) is 11.6 Å². The van der Waals surface area contributed by atoms with Gasteiger partial charge in [0.1, 0.15) is 11.2 Å². The second kappa shape index (κ2) is 11.6. The number of rotatable bonds is 2. The topological polar surface area (TPSA) is 74.6 Å². The summed E-state index contributed by atoms with van der Waals surface area (Å²) in [5.41, 5.74) is 0.632. The molecule has 0 aromatic rings. The lowest BCUT2D eigenvalue weighted by Crippen LogP contribution is -2.54. The second-order valence-corrected chi connectivity index (χ2v) is 16.4. The third-order valence-corrected chi connectivity index (χ3v) is 15.6. The molecule has 5 fully saturated rings. The van der Waals surface area contributed by atoms with Crippen LogP contribution >= 0.6 is 0 Å². The first-order valence-corrected chi connectivity index (χ1v) is 18.7. The number of carbonyl (C=O) groups excluding carboxylic acids is 2. The second-order valence-electron chi connectivity index (χ2n) is 16.4. The van der Waals surface area contributed by atoms with Gasteiger partial charge < -0.3 is 10.2 Å².